The summed E-state index contributed by atoms with van der Waals surface area (Å²) >= 11 is 1.04. The van der Waals surface area contributed by atoms with Crippen LogP contribution in [0.4, 0.5) is 11.4 Å². The van der Waals surface area contributed by atoms with E-state index in [0.29, 0.717) is 28.4 Å². The third kappa shape index (κ3) is 4.83. The van der Waals surface area contributed by atoms with Gasteiger partial charge in [0.1, 0.15) is 0 Å². The van der Waals surface area contributed by atoms with Crippen molar-refractivity contribution in [1.82, 2.24) is 15.2 Å². The molecule has 158 valence electrons. The smallest absolute Gasteiger partial charge is 0.278 e. The van der Waals surface area contributed by atoms with E-state index >= 15 is 0 Å². The Kier molecular flexibility index (Phi) is 5.85. The fourth-order valence-electron chi connectivity index (χ4n) is 2.86. The van der Waals surface area contributed by atoms with E-state index in [0.717, 1.165) is 11.8 Å². The number of ether oxygens (including phenoxy) is 2. The largest absolute Gasteiger partial charge is 0.454 e. The molecule has 3 aromatic rings. The van der Waals surface area contributed by atoms with Gasteiger partial charge in [0.2, 0.25) is 18.6 Å². The number of benzene rings is 2. The fraction of sp³-hybridized carbons (Fsp3) is 0.150. The van der Waals surface area contributed by atoms with Gasteiger partial charge in [-0.15, -0.1) is 10.2 Å². The Morgan fingerprint density at radius 1 is 1.10 bits per heavy atom. The molecule has 0 spiro atoms. The number of carbonyl (C=O) groups excluding carboxylic acids is 2. The molecule has 0 bridgehead atoms. The van der Waals surface area contributed by atoms with Crippen LogP contribution in [0.3, 0.4) is 0 Å². The maximum Gasteiger partial charge on any atom is 0.278 e. The van der Waals surface area contributed by atoms with Gasteiger partial charge >= 0.3 is 0 Å². The molecule has 2 heterocycles. The summed E-state index contributed by atoms with van der Waals surface area (Å²) in [5.74, 6) is 0.654. The highest BCUT2D eigenvalue weighted by molar-refractivity contribution is 7.99. The van der Waals surface area contributed by atoms with Crippen LogP contribution < -0.4 is 25.7 Å². The first-order valence-electron chi connectivity index (χ1n) is 9.16. The van der Waals surface area contributed by atoms with Crippen molar-refractivity contribution in [3.05, 3.63) is 52.8 Å². The summed E-state index contributed by atoms with van der Waals surface area (Å²) in [6.07, 6.45) is 0. The molecule has 1 aromatic heterocycles. The minimum absolute atomic E-state index is 0.0148. The van der Waals surface area contributed by atoms with E-state index in [1.54, 1.807) is 42.5 Å². The summed E-state index contributed by atoms with van der Waals surface area (Å²) < 4.78 is 10.5. The van der Waals surface area contributed by atoms with Crippen LogP contribution in [0.5, 0.6) is 11.5 Å². The van der Waals surface area contributed by atoms with Crippen molar-refractivity contribution < 1.29 is 19.1 Å². The van der Waals surface area contributed by atoms with Gasteiger partial charge in [-0.3, -0.25) is 19.4 Å². The number of carbonyl (C=O) groups is 2. The van der Waals surface area contributed by atoms with Gasteiger partial charge in [0, 0.05) is 24.2 Å². The molecule has 3 N–H and O–H groups in total. The maximum atomic E-state index is 12.5. The summed E-state index contributed by atoms with van der Waals surface area (Å²) in [7, 11) is 0. The van der Waals surface area contributed by atoms with E-state index < -0.39 is 5.56 Å². The van der Waals surface area contributed by atoms with Crippen molar-refractivity contribution in [3.8, 4) is 22.8 Å². The Labute approximate surface area is 180 Å². The molecule has 1 aliphatic heterocycles. The Morgan fingerprint density at radius 3 is 2.71 bits per heavy atom. The van der Waals surface area contributed by atoms with Gasteiger partial charge < -0.3 is 20.1 Å². The molecule has 0 unspecified atom stereocenters. The predicted molar refractivity (Wildman–Crippen MR) is 114 cm³/mol. The van der Waals surface area contributed by atoms with Gasteiger partial charge in [0.15, 0.2) is 22.3 Å². The first-order valence-corrected chi connectivity index (χ1v) is 10.1. The van der Waals surface area contributed by atoms with Crippen molar-refractivity contribution in [2.75, 3.05) is 23.2 Å². The lowest BCUT2D eigenvalue weighted by molar-refractivity contribution is -0.114. The van der Waals surface area contributed by atoms with Crippen LogP contribution in [-0.4, -0.2) is 39.5 Å². The average molecular weight is 439 g/mol. The molecule has 0 aliphatic carbocycles. The van der Waals surface area contributed by atoms with Gasteiger partial charge in [0.25, 0.3) is 5.56 Å². The molecule has 0 atom stereocenters. The third-order valence-electron chi connectivity index (χ3n) is 4.17. The van der Waals surface area contributed by atoms with E-state index in [1.807, 2.05) is 0 Å². The van der Waals surface area contributed by atoms with Crippen molar-refractivity contribution in [1.29, 1.82) is 0 Å². The van der Waals surface area contributed by atoms with Gasteiger partial charge in [-0.1, -0.05) is 30.0 Å². The number of aromatic amines is 1. The summed E-state index contributed by atoms with van der Waals surface area (Å²) in [4.78, 5) is 38.7. The number of aromatic nitrogens is 3. The molecule has 1 aliphatic rings. The van der Waals surface area contributed by atoms with Crippen molar-refractivity contribution >= 4 is 35.0 Å². The predicted octanol–water partition coefficient (Wildman–Crippen LogP) is 2.25. The lowest BCUT2D eigenvalue weighted by Gasteiger charge is -2.08. The van der Waals surface area contributed by atoms with E-state index in [1.165, 1.54) is 6.92 Å². The van der Waals surface area contributed by atoms with Crippen LogP contribution in [0.15, 0.2) is 52.4 Å². The van der Waals surface area contributed by atoms with Gasteiger partial charge in [0.05, 0.1) is 11.4 Å². The molecule has 4 rings (SSSR count). The topological polar surface area (TPSA) is 135 Å². The number of hydrogen-bond acceptors (Lipinski definition) is 8. The number of rotatable bonds is 6. The van der Waals surface area contributed by atoms with Crippen LogP contribution >= 0.6 is 11.8 Å². The summed E-state index contributed by atoms with van der Waals surface area (Å²) in [6, 6.07) is 11.9. The molecule has 10 nitrogen and oxygen atoms in total. The Hall–Kier alpha value is -3.86. The molecular weight excluding hydrogens is 422 g/mol. The highest BCUT2D eigenvalue weighted by Gasteiger charge is 2.16. The third-order valence-corrected chi connectivity index (χ3v) is 5.03. The highest BCUT2D eigenvalue weighted by Crippen LogP contribution is 2.34. The van der Waals surface area contributed by atoms with E-state index in [2.05, 4.69) is 25.8 Å². The molecule has 0 saturated heterocycles. The van der Waals surface area contributed by atoms with Crippen LogP contribution in [0.1, 0.15) is 6.92 Å². The molecule has 0 radical (unpaired) electrons. The lowest BCUT2D eigenvalue weighted by Crippen LogP contribution is -2.18. The quantitative estimate of drug-likeness (QED) is 0.498. The Balaban J connectivity index is 1.41. The number of thioether (sulfide) groups is 1. The van der Waals surface area contributed by atoms with E-state index in [-0.39, 0.29) is 35.2 Å². The normalized spacial score (nSPS) is 11.8. The first-order chi connectivity index (χ1) is 15.0. The zero-order valence-electron chi connectivity index (χ0n) is 16.3. The lowest BCUT2D eigenvalue weighted by atomic mass is 10.1. The molecular formula is C20H17N5O5S. The Bertz CT molecular complexity index is 1210. The van der Waals surface area contributed by atoms with Crippen molar-refractivity contribution in [3.63, 3.8) is 0 Å². The second-order valence-electron chi connectivity index (χ2n) is 6.44. The standard InChI is InChI=1S/C20H17N5O5S/c1-11(26)21-14-5-3-2-4-13(14)18-19(28)23-20(25-24-18)31-9-17(27)22-12-6-7-15-16(8-12)30-10-29-15/h2-8H,9-10H2,1H3,(H,21,26)(H,22,27)(H,23,25,28). The van der Waals surface area contributed by atoms with E-state index in [9.17, 15) is 14.4 Å². The zero-order chi connectivity index (χ0) is 21.8. The van der Waals surface area contributed by atoms with Crippen LogP contribution in [-0.2, 0) is 9.59 Å². The molecule has 0 saturated carbocycles. The second kappa shape index (κ2) is 8.88. The molecule has 2 aromatic carbocycles. The number of nitrogens with zero attached hydrogens (tertiary/aromatic N) is 2. The molecule has 2 amide bonds. The van der Waals surface area contributed by atoms with Gasteiger partial charge in [-0.25, -0.2) is 0 Å². The molecule has 0 fully saturated rings. The van der Waals surface area contributed by atoms with E-state index in [4.69, 9.17) is 9.47 Å². The SMILES string of the molecule is CC(=O)Nc1ccccc1-c1nnc(SCC(=O)Nc2ccc3c(c2)OCO3)[nH]c1=O. The summed E-state index contributed by atoms with van der Waals surface area (Å²) in [5, 5.41) is 13.6. The van der Waals surface area contributed by atoms with Gasteiger partial charge in [-0.2, -0.15) is 0 Å². The number of amides is 2. The van der Waals surface area contributed by atoms with Gasteiger partial charge in [-0.05, 0) is 18.2 Å². The number of para-hydroxylation sites is 1. The highest BCUT2D eigenvalue weighted by atomic mass is 32.2. The number of anilines is 2. The minimum Gasteiger partial charge on any atom is -0.454 e. The monoisotopic (exact) mass is 439 g/mol. The summed E-state index contributed by atoms with van der Waals surface area (Å²) in [5.41, 5.74) is 1.06. The number of H-pyrrole nitrogens is 1. The Morgan fingerprint density at radius 2 is 1.90 bits per heavy atom. The summed E-state index contributed by atoms with van der Waals surface area (Å²) in [6.45, 7) is 1.53. The minimum atomic E-state index is -0.480. The average Bonchev–Trinajstić information content (AvgIpc) is 3.20. The second-order valence-corrected chi connectivity index (χ2v) is 7.40. The number of nitrogens with one attached hydrogen (secondary N) is 3. The fourth-order valence-corrected chi connectivity index (χ4v) is 3.46. The molecule has 11 heteroatoms. The zero-order valence-corrected chi connectivity index (χ0v) is 17.1. The van der Waals surface area contributed by atoms with Crippen LogP contribution in [0.25, 0.3) is 11.3 Å². The number of fused-ring (bicyclic) bond motifs is 1. The first kappa shape index (κ1) is 20.4. The van der Waals surface area contributed by atoms with Crippen LogP contribution in [0, 0.1) is 0 Å². The van der Waals surface area contributed by atoms with Crippen molar-refractivity contribution in [2.24, 2.45) is 0 Å². The van der Waals surface area contributed by atoms with Crippen LogP contribution in [0.2, 0.25) is 0 Å². The maximum absolute atomic E-state index is 12.5. The molecule has 31 heavy (non-hydrogen) atoms. The number of hydrogen-bond donors (Lipinski definition) is 3. The van der Waals surface area contributed by atoms with Crippen molar-refractivity contribution in [2.45, 2.75) is 12.1 Å².